The number of para-hydroxylation sites is 1. The van der Waals surface area contributed by atoms with E-state index in [0.29, 0.717) is 17.5 Å². The molecular weight excluding hydrogens is 358 g/mol. The molecule has 0 radical (unpaired) electrons. The van der Waals surface area contributed by atoms with Gasteiger partial charge in [0.1, 0.15) is 0 Å². The fraction of sp³-hybridized carbons (Fsp3) is 0.450. The lowest BCUT2D eigenvalue weighted by molar-refractivity contribution is -0.118. The van der Waals surface area contributed by atoms with Crippen molar-refractivity contribution in [1.82, 2.24) is 20.2 Å². The summed E-state index contributed by atoms with van der Waals surface area (Å²) in [4.78, 5) is 25.6. The van der Waals surface area contributed by atoms with Gasteiger partial charge >= 0.3 is 0 Å². The van der Waals surface area contributed by atoms with Gasteiger partial charge in [-0.25, -0.2) is 9.97 Å². The van der Waals surface area contributed by atoms with Crippen molar-refractivity contribution < 1.29 is 4.79 Å². The van der Waals surface area contributed by atoms with Crippen LogP contribution >= 0.6 is 11.8 Å². The van der Waals surface area contributed by atoms with Gasteiger partial charge in [0.2, 0.25) is 5.91 Å². The molecule has 1 amide bonds. The lowest BCUT2D eigenvalue weighted by Gasteiger charge is -2.36. The molecule has 3 rings (SSSR count). The molecule has 1 aliphatic heterocycles. The molecule has 6 nitrogen and oxygen atoms in total. The van der Waals surface area contributed by atoms with E-state index in [0.717, 1.165) is 44.1 Å². The molecule has 0 bridgehead atoms. The topological polar surface area (TPSA) is 61.4 Å². The Morgan fingerprint density at radius 3 is 2.41 bits per heavy atom. The summed E-state index contributed by atoms with van der Waals surface area (Å²) in [6.07, 6.45) is 0. The Kier molecular flexibility index (Phi) is 7.06. The minimum atomic E-state index is 0.0330. The van der Waals surface area contributed by atoms with Gasteiger partial charge < -0.3 is 10.2 Å². The van der Waals surface area contributed by atoms with Gasteiger partial charge in [-0.05, 0) is 32.0 Å². The maximum Gasteiger partial charge on any atom is 0.230 e. The second-order valence-electron chi connectivity index (χ2n) is 6.74. The molecule has 0 unspecified atom stereocenters. The number of carbonyl (C=O) groups is 1. The number of thioether (sulfide) groups is 1. The zero-order valence-corrected chi connectivity index (χ0v) is 16.8. The molecule has 0 saturated carbocycles. The summed E-state index contributed by atoms with van der Waals surface area (Å²) >= 11 is 1.39. The molecule has 0 spiro atoms. The van der Waals surface area contributed by atoms with Crippen molar-refractivity contribution >= 4 is 23.4 Å². The highest BCUT2D eigenvalue weighted by Gasteiger charge is 2.16. The monoisotopic (exact) mass is 385 g/mol. The molecule has 1 aromatic carbocycles. The number of amides is 1. The molecule has 1 saturated heterocycles. The van der Waals surface area contributed by atoms with E-state index >= 15 is 0 Å². The number of anilines is 1. The molecule has 0 aliphatic carbocycles. The smallest absolute Gasteiger partial charge is 0.230 e. The van der Waals surface area contributed by atoms with Gasteiger partial charge in [0.15, 0.2) is 5.16 Å². The summed E-state index contributed by atoms with van der Waals surface area (Å²) in [7, 11) is 0. The van der Waals surface area contributed by atoms with Crippen LogP contribution in [0.5, 0.6) is 0 Å². The first-order valence-electron chi connectivity index (χ1n) is 9.34. The number of carbonyl (C=O) groups excluding carboxylic acids is 1. The standard InChI is InChI=1S/C20H27N5OS/c1-16-14-17(2)23-20(22-16)27-15-19(26)21-8-9-24-10-12-25(13-11-24)18-6-4-3-5-7-18/h3-7,14H,8-13,15H2,1-2H3,(H,21,26). The predicted molar refractivity (Wildman–Crippen MR) is 110 cm³/mol. The summed E-state index contributed by atoms with van der Waals surface area (Å²) in [5.41, 5.74) is 3.15. The highest BCUT2D eigenvalue weighted by atomic mass is 32.2. The first-order chi connectivity index (χ1) is 13.1. The molecular formula is C20H27N5OS. The Bertz CT molecular complexity index is 727. The van der Waals surface area contributed by atoms with Gasteiger partial charge in [-0.3, -0.25) is 9.69 Å². The third-order valence-corrected chi connectivity index (χ3v) is 5.39. The summed E-state index contributed by atoms with van der Waals surface area (Å²) in [6.45, 7) is 9.55. The zero-order chi connectivity index (χ0) is 19.1. The van der Waals surface area contributed by atoms with Crippen molar-refractivity contribution in [2.75, 3.05) is 49.9 Å². The highest BCUT2D eigenvalue weighted by molar-refractivity contribution is 7.99. The summed E-state index contributed by atoms with van der Waals surface area (Å²) in [5, 5.41) is 3.67. The second kappa shape index (κ2) is 9.71. The van der Waals surface area contributed by atoms with E-state index in [4.69, 9.17) is 0 Å². The summed E-state index contributed by atoms with van der Waals surface area (Å²) < 4.78 is 0. The number of rotatable bonds is 7. The van der Waals surface area contributed by atoms with E-state index in [1.165, 1.54) is 17.4 Å². The first kappa shape index (κ1) is 19.6. The van der Waals surface area contributed by atoms with Crippen LogP contribution in [-0.4, -0.2) is 65.8 Å². The van der Waals surface area contributed by atoms with Gasteiger partial charge in [0.05, 0.1) is 5.75 Å². The third kappa shape index (κ3) is 6.22. The Morgan fingerprint density at radius 2 is 1.74 bits per heavy atom. The first-order valence-corrected chi connectivity index (χ1v) is 10.3. The van der Waals surface area contributed by atoms with E-state index in [-0.39, 0.29) is 5.91 Å². The van der Waals surface area contributed by atoms with E-state index in [1.54, 1.807) is 0 Å². The largest absolute Gasteiger partial charge is 0.369 e. The van der Waals surface area contributed by atoms with Crippen LogP contribution in [0.25, 0.3) is 0 Å². The molecule has 1 aromatic heterocycles. The van der Waals surface area contributed by atoms with Crippen LogP contribution in [0.4, 0.5) is 5.69 Å². The summed E-state index contributed by atoms with van der Waals surface area (Å²) in [5.74, 6) is 0.385. The fourth-order valence-corrected chi connectivity index (χ4v) is 3.94. The number of piperazine rings is 1. The summed E-state index contributed by atoms with van der Waals surface area (Å²) in [6, 6.07) is 12.5. The molecule has 0 atom stereocenters. The SMILES string of the molecule is Cc1cc(C)nc(SCC(=O)NCCN2CCN(c3ccccc3)CC2)n1. The number of hydrogen-bond donors (Lipinski definition) is 1. The Hall–Kier alpha value is -2.12. The van der Waals surface area contributed by atoms with E-state index in [9.17, 15) is 4.79 Å². The predicted octanol–water partition coefficient (Wildman–Crippen LogP) is 2.12. The van der Waals surface area contributed by atoms with E-state index in [2.05, 4.69) is 49.4 Å². The van der Waals surface area contributed by atoms with Crippen LogP contribution in [0.1, 0.15) is 11.4 Å². The minimum Gasteiger partial charge on any atom is -0.369 e. The van der Waals surface area contributed by atoms with Crippen LogP contribution in [-0.2, 0) is 4.79 Å². The van der Waals surface area contributed by atoms with Crippen LogP contribution in [0.15, 0.2) is 41.6 Å². The van der Waals surface area contributed by atoms with Gasteiger partial charge in [-0.1, -0.05) is 30.0 Å². The molecule has 1 aliphatic rings. The lowest BCUT2D eigenvalue weighted by Crippen LogP contribution is -2.48. The quantitative estimate of drug-likeness (QED) is 0.582. The molecule has 2 heterocycles. The number of benzene rings is 1. The molecule has 7 heteroatoms. The van der Waals surface area contributed by atoms with Crippen molar-refractivity contribution in [2.45, 2.75) is 19.0 Å². The van der Waals surface area contributed by atoms with Crippen molar-refractivity contribution in [3.8, 4) is 0 Å². The maximum absolute atomic E-state index is 12.1. The number of nitrogens with one attached hydrogen (secondary N) is 1. The van der Waals surface area contributed by atoms with Crippen LogP contribution in [0, 0.1) is 13.8 Å². The van der Waals surface area contributed by atoms with Crippen LogP contribution < -0.4 is 10.2 Å². The third-order valence-electron chi connectivity index (χ3n) is 4.54. The fourth-order valence-electron chi connectivity index (χ4n) is 3.16. The molecule has 2 aromatic rings. The number of aromatic nitrogens is 2. The Balaban J connectivity index is 1.32. The van der Waals surface area contributed by atoms with Crippen molar-refractivity contribution in [3.63, 3.8) is 0 Å². The number of aryl methyl sites for hydroxylation is 2. The minimum absolute atomic E-state index is 0.0330. The van der Waals surface area contributed by atoms with Crippen LogP contribution in [0.3, 0.4) is 0 Å². The maximum atomic E-state index is 12.1. The molecule has 1 fully saturated rings. The van der Waals surface area contributed by atoms with Gasteiger partial charge in [-0.2, -0.15) is 0 Å². The van der Waals surface area contributed by atoms with Crippen molar-refractivity contribution in [1.29, 1.82) is 0 Å². The zero-order valence-electron chi connectivity index (χ0n) is 16.0. The van der Waals surface area contributed by atoms with Crippen molar-refractivity contribution in [3.05, 3.63) is 47.8 Å². The van der Waals surface area contributed by atoms with Gasteiger partial charge in [0.25, 0.3) is 0 Å². The Labute approximate surface area is 165 Å². The lowest BCUT2D eigenvalue weighted by atomic mass is 10.2. The highest BCUT2D eigenvalue weighted by Crippen LogP contribution is 2.15. The normalized spacial score (nSPS) is 15.0. The molecule has 1 N–H and O–H groups in total. The van der Waals surface area contributed by atoms with E-state index in [1.807, 2.05) is 26.0 Å². The Morgan fingerprint density at radius 1 is 1.07 bits per heavy atom. The van der Waals surface area contributed by atoms with Gasteiger partial charge in [-0.15, -0.1) is 0 Å². The van der Waals surface area contributed by atoms with E-state index < -0.39 is 0 Å². The molecule has 27 heavy (non-hydrogen) atoms. The van der Waals surface area contributed by atoms with Gasteiger partial charge in [0, 0.05) is 56.3 Å². The van der Waals surface area contributed by atoms with Crippen LogP contribution in [0.2, 0.25) is 0 Å². The second-order valence-corrected chi connectivity index (χ2v) is 7.68. The van der Waals surface area contributed by atoms with Crippen molar-refractivity contribution in [2.24, 2.45) is 0 Å². The average molecular weight is 386 g/mol. The molecule has 144 valence electrons. The number of hydrogen-bond acceptors (Lipinski definition) is 6. The average Bonchev–Trinajstić information content (AvgIpc) is 2.67. The number of nitrogens with zero attached hydrogens (tertiary/aromatic N) is 4.